The highest BCUT2D eigenvalue weighted by molar-refractivity contribution is 5.88. The second-order valence-corrected chi connectivity index (χ2v) is 4.93. The second-order valence-electron chi connectivity index (χ2n) is 4.93. The van der Waals surface area contributed by atoms with Gasteiger partial charge >= 0.3 is 12.0 Å². The number of aromatic nitrogens is 2. The summed E-state index contributed by atoms with van der Waals surface area (Å²) in [6, 6.07) is 1.14. The predicted octanol–water partition coefficient (Wildman–Crippen LogP) is 1.25. The molecular formula is C13H18N4O4. The van der Waals surface area contributed by atoms with Crippen LogP contribution in [-0.4, -0.2) is 40.2 Å². The Morgan fingerprint density at radius 2 is 2.00 bits per heavy atom. The van der Waals surface area contributed by atoms with Crippen molar-refractivity contribution in [3.8, 4) is 5.88 Å². The van der Waals surface area contributed by atoms with Gasteiger partial charge in [0, 0.05) is 12.1 Å². The lowest BCUT2D eigenvalue weighted by Crippen LogP contribution is -2.41. The average Bonchev–Trinajstić information content (AvgIpc) is 2.47. The number of hydrogen-bond acceptors (Lipinski definition) is 5. The number of carboxylic acids is 1. The Morgan fingerprint density at radius 1 is 1.29 bits per heavy atom. The number of ether oxygens (including phenoxy) is 1. The first-order valence-corrected chi connectivity index (χ1v) is 6.75. The van der Waals surface area contributed by atoms with Gasteiger partial charge in [-0.2, -0.15) is 0 Å². The summed E-state index contributed by atoms with van der Waals surface area (Å²) in [5.74, 6) is -0.343. The van der Waals surface area contributed by atoms with Gasteiger partial charge in [0.1, 0.15) is 12.1 Å². The minimum atomic E-state index is -0.758. The largest absolute Gasteiger partial charge is 0.481 e. The molecule has 1 aromatic heterocycles. The number of rotatable bonds is 4. The Morgan fingerprint density at radius 3 is 2.62 bits per heavy atom. The van der Waals surface area contributed by atoms with Crippen molar-refractivity contribution < 1.29 is 19.4 Å². The van der Waals surface area contributed by atoms with Crippen LogP contribution in [0.3, 0.4) is 0 Å². The molecule has 1 aliphatic carbocycles. The van der Waals surface area contributed by atoms with E-state index in [1.165, 1.54) is 19.5 Å². The maximum Gasteiger partial charge on any atom is 0.320 e. The zero-order chi connectivity index (χ0) is 15.2. The van der Waals surface area contributed by atoms with Crippen LogP contribution >= 0.6 is 0 Å². The number of nitrogens with one attached hydrogen (secondary N) is 2. The van der Waals surface area contributed by atoms with E-state index in [1.807, 2.05) is 0 Å². The van der Waals surface area contributed by atoms with Gasteiger partial charge in [0.2, 0.25) is 5.88 Å². The lowest BCUT2D eigenvalue weighted by Gasteiger charge is -2.26. The summed E-state index contributed by atoms with van der Waals surface area (Å²) in [5, 5.41) is 14.3. The quantitative estimate of drug-likeness (QED) is 0.770. The summed E-state index contributed by atoms with van der Waals surface area (Å²) >= 11 is 0. The van der Waals surface area contributed by atoms with Crippen molar-refractivity contribution in [2.75, 3.05) is 12.4 Å². The Labute approximate surface area is 121 Å². The van der Waals surface area contributed by atoms with Crippen molar-refractivity contribution in [3.05, 3.63) is 12.4 Å². The lowest BCUT2D eigenvalue weighted by molar-refractivity contribution is -0.142. The van der Waals surface area contributed by atoms with Crippen molar-refractivity contribution in [2.45, 2.75) is 31.7 Å². The molecule has 0 unspecified atom stereocenters. The topological polar surface area (TPSA) is 113 Å². The van der Waals surface area contributed by atoms with E-state index in [0.717, 1.165) is 0 Å². The average molecular weight is 294 g/mol. The van der Waals surface area contributed by atoms with Gasteiger partial charge in [0.05, 0.1) is 13.0 Å². The number of amides is 2. The number of nitrogens with zero attached hydrogens (tertiary/aromatic N) is 2. The van der Waals surface area contributed by atoms with Crippen LogP contribution in [0.2, 0.25) is 0 Å². The summed E-state index contributed by atoms with van der Waals surface area (Å²) in [5.41, 5.74) is 0. The molecule has 8 heteroatoms. The van der Waals surface area contributed by atoms with Gasteiger partial charge in [-0.3, -0.25) is 10.1 Å². The number of hydrogen-bond donors (Lipinski definition) is 3. The van der Waals surface area contributed by atoms with Gasteiger partial charge in [-0.05, 0) is 25.7 Å². The summed E-state index contributed by atoms with van der Waals surface area (Å²) < 4.78 is 4.94. The number of carboxylic acid groups (broad SMARTS) is 1. The SMILES string of the molecule is COc1cc(NC(=O)NC2CCC(C(=O)O)CC2)ncn1. The molecule has 0 aliphatic heterocycles. The highest BCUT2D eigenvalue weighted by Gasteiger charge is 2.26. The molecule has 2 amide bonds. The van der Waals surface area contributed by atoms with E-state index in [2.05, 4.69) is 20.6 Å². The Kier molecular flexibility index (Phi) is 4.91. The molecule has 0 aromatic carbocycles. The van der Waals surface area contributed by atoms with Crippen molar-refractivity contribution >= 4 is 17.8 Å². The molecule has 0 saturated heterocycles. The van der Waals surface area contributed by atoms with Crippen molar-refractivity contribution in [1.29, 1.82) is 0 Å². The fourth-order valence-electron chi connectivity index (χ4n) is 2.34. The minimum Gasteiger partial charge on any atom is -0.481 e. The van der Waals surface area contributed by atoms with E-state index in [9.17, 15) is 9.59 Å². The zero-order valence-electron chi connectivity index (χ0n) is 11.7. The zero-order valence-corrected chi connectivity index (χ0v) is 11.7. The summed E-state index contributed by atoms with van der Waals surface area (Å²) in [6.45, 7) is 0. The maximum absolute atomic E-state index is 11.9. The standard InChI is InChI=1S/C13H18N4O4/c1-21-11-6-10(14-7-15-11)17-13(20)16-9-4-2-8(3-5-9)12(18)19/h6-9H,2-5H2,1H3,(H,18,19)(H2,14,15,16,17,20). The van der Waals surface area contributed by atoms with E-state index in [0.29, 0.717) is 37.4 Å². The third-order valence-electron chi connectivity index (χ3n) is 3.50. The molecule has 1 fully saturated rings. The molecule has 0 radical (unpaired) electrons. The molecule has 1 aromatic rings. The molecular weight excluding hydrogens is 276 g/mol. The van der Waals surface area contributed by atoms with Crippen LogP contribution in [0.4, 0.5) is 10.6 Å². The third-order valence-corrected chi connectivity index (χ3v) is 3.50. The first kappa shape index (κ1) is 15.0. The van der Waals surface area contributed by atoms with Crippen molar-refractivity contribution in [3.63, 3.8) is 0 Å². The van der Waals surface area contributed by atoms with Crippen molar-refractivity contribution in [2.24, 2.45) is 5.92 Å². The summed E-state index contributed by atoms with van der Waals surface area (Å²) in [4.78, 5) is 30.5. The number of carbonyl (C=O) groups excluding carboxylic acids is 1. The highest BCUT2D eigenvalue weighted by atomic mass is 16.5. The van der Waals surface area contributed by atoms with Crippen LogP contribution in [0.1, 0.15) is 25.7 Å². The smallest absolute Gasteiger partial charge is 0.320 e. The number of methoxy groups -OCH3 is 1. The minimum absolute atomic E-state index is 0.00988. The lowest BCUT2D eigenvalue weighted by atomic mass is 9.86. The monoisotopic (exact) mass is 294 g/mol. The molecule has 3 N–H and O–H groups in total. The van der Waals surface area contributed by atoms with Crippen LogP contribution in [0.25, 0.3) is 0 Å². The number of aliphatic carboxylic acids is 1. The van der Waals surface area contributed by atoms with Gasteiger partial charge < -0.3 is 15.2 Å². The molecule has 1 saturated carbocycles. The second kappa shape index (κ2) is 6.87. The van der Waals surface area contributed by atoms with Crippen LogP contribution in [0.15, 0.2) is 12.4 Å². The summed E-state index contributed by atoms with van der Waals surface area (Å²) in [7, 11) is 1.48. The fraction of sp³-hybridized carbons (Fsp3) is 0.538. The fourth-order valence-corrected chi connectivity index (χ4v) is 2.34. The number of carbonyl (C=O) groups is 2. The molecule has 1 heterocycles. The molecule has 0 atom stereocenters. The molecule has 114 valence electrons. The van der Waals surface area contributed by atoms with Gasteiger partial charge in [-0.1, -0.05) is 0 Å². The van der Waals surface area contributed by atoms with Crippen LogP contribution in [0, 0.1) is 5.92 Å². The van der Waals surface area contributed by atoms with Crippen molar-refractivity contribution in [1.82, 2.24) is 15.3 Å². The normalized spacial score (nSPS) is 21.4. The molecule has 8 nitrogen and oxygen atoms in total. The van der Waals surface area contributed by atoms with E-state index in [-0.39, 0.29) is 18.0 Å². The first-order chi connectivity index (χ1) is 10.1. The predicted molar refractivity (Wildman–Crippen MR) is 74.1 cm³/mol. The molecule has 0 spiro atoms. The Hall–Kier alpha value is -2.38. The molecule has 0 bridgehead atoms. The molecule has 1 aliphatic rings. The molecule has 21 heavy (non-hydrogen) atoms. The van der Waals surface area contributed by atoms with E-state index >= 15 is 0 Å². The molecule has 2 rings (SSSR count). The van der Waals surface area contributed by atoms with Gasteiger partial charge in [-0.15, -0.1) is 0 Å². The summed E-state index contributed by atoms with van der Waals surface area (Å²) in [6.07, 6.45) is 3.80. The Bertz CT molecular complexity index is 515. The Balaban J connectivity index is 1.81. The number of urea groups is 1. The first-order valence-electron chi connectivity index (χ1n) is 6.75. The maximum atomic E-state index is 11.9. The number of anilines is 1. The van der Waals surface area contributed by atoms with Crippen LogP contribution in [-0.2, 0) is 4.79 Å². The van der Waals surface area contributed by atoms with Crippen LogP contribution < -0.4 is 15.4 Å². The van der Waals surface area contributed by atoms with Gasteiger partial charge in [0.15, 0.2) is 0 Å². The van der Waals surface area contributed by atoms with Gasteiger partial charge in [0.25, 0.3) is 0 Å². The van der Waals surface area contributed by atoms with E-state index in [1.54, 1.807) is 0 Å². The third kappa shape index (κ3) is 4.30. The van der Waals surface area contributed by atoms with Gasteiger partial charge in [-0.25, -0.2) is 14.8 Å². The van der Waals surface area contributed by atoms with E-state index in [4.69, 9.17) is 9.84 Å². The highest BCUT2D eigenvalue weighted by Crippen LogP contribution is 2.24. The van der Waals surface area contributed by atoms with Crippen LogP contribution in [0.5, 0.6) is 5.88 Å². The van der Waals surface area contributed by atoms with E-state index < -0.39 is 5.97 Å².